The van der Waals surface area contributed by atoms with Gasteiger partial charge in [0.25, 0.3) is 0 Å². The SMILES string of the molecule is CCCCCCCCCCCCC(O)CNCCCC. The van der Waals surface area contributed by atoms with E-state index < -0.39 is 0 Å². The monoisotopic (exact) mass is 285 g/mol. The molecule has 0 aliphatic heterocycles. The summed E-state index contributed by atoms with van der Waals surface area (Å²) in [7, 11) is 0. The minimum absolute atomic E-state index is 0.138. The van der Waals surface area contributed by atoms with E-state index in [2.05, 4.69) is 19.2 Å². The van der Waals surface area contributed by atoms with Crippen molar-refractivity contribution in [1.82, 2.24) is 5.32 Å². The summed E-state index contributed by atoms with van der Waals surface area (Å²) in [6.45, 7) is 6.29. The Kier molecular flexibility index (Phi) is 16.9. The highest BCUT2D eigenvalue weighted by Gasteiger charge is 2.02. The molecule has 0 saturated heterocycles. The molecule has 0 saturated carbocycles. The van der Waals surface area contributed by atoms with Crippen molar-refractivity contribution in [3.63, 3.8) is 0 Å². The molecule has 0 aromatic heterocycles. The van der Waals surface area contributed by atoms with E-state index in [0.29, 0.717) is 0 Å². The summed E-state index contributed by atoms with van der Waals surface area (Å²) < 4.78 is 0. The van der Waals surface area contributed by atoms with Gasteiger partial charge in [0, 0.05) is 6.54 Å². The van der Waals surface area contributed by atoms with E-state index in [9.17, 15) is 5.11 Å². The highest BCUT2D eigenvalue weighted by atomic mass is 16.3. The average Bonchev–Trinajstić information content (AvgIpc) is 2.45. The fraction of sp³-hybridized carbons (Fsp3) is 1.00. The fourth-order valence-corrected chi connectivity index (χ4v) is 2.54. The quantitative estimate of drug-likeness (QED) is 0.389. The zero-order chi connectivity index (χ0) is 14.9. The summed E-state index contributed by atoms with van der Waals surface area (Å²) in [5, 5.41) is 13.1. The largest absolute Gasteiger partial charge is 0.392 e. The van der Waals surface area contributed by atoms with Gasteiger partial charge in [-0.1, -0.05) is 84.5 Å². The van der Waals surface area contributed by atoms with Crippen molar-refractivity contribution in [3.8, 4) is 0 Å². The molecule has 0 aliphatic rings. The maximum atomic E-state index is 9.81. The lowest BCUT2D eigenvalue weighted by atomic mass is 10.0. The van der Waals surface area contributed by atoms with Crippen molar-refractivity contribution in [2.75, 3.05) is 13.1 Å². The standard InChI is InChI=1S/C18H39NO/c1-3-5-7-8-9-10-11-12-13-14-15-18(20)17-19-16-6-4-2/h18-20H,3-17H2,1-2H3. The topological polar surface area (TPSA) is 32.3 Å². The number of aliphatic hydroxyl groups is 1. The maximum Gasteiger partial charge on any atom is 0.0664 e. The Balaban J connectivity index is 3.07. The zero-order valence-electron chi connectivity index (χ0n) is 14.1. The second kappa shape index (κ2) is 17.0. The third kappa shape index (κ3) is 16.0. The van der Waals surface area contributed by atoms with E-state index in [4.69, 9.17) is 0 Å². The summed E-state index contributed by atoms with van der Waals surface area (Å²) in [5.74, 6) is 0. The minimum atomic E-state index is -0.138. The summed E-state index contributed by atoms with van der Waals surface area (Å²) in [6.07, 6.45) is 16.9. The molecule has 0 bridgehead atoms. The summed E-state index contributed by atoms with van der Waals surface area (Å²) in [4.78, 5) is 0. The second-order valence-electron chi connectivity index (χ2n) is 6.18. The molecule has 0 rings (SSSR count). The van der Waals surface area contributed by atoms with Crippen LogP contribution in [0.1, 0.15) is 97.3 Å². The first-order valence-electron chi connectivity index (χ1n) is 9.20. The van der Waals surface area contributed by atoms with Gasteiger partial charge in [0.1, 0.15) is 0 Å². The predicted octanol–water partition coefficient (Wildman–Crippen LogP) is 5.05. The van der Waals surface area contributed by atoms with Crippen LogP contribution < -0.4 is 5.32 Å². The van der Waals surface area contributed by atoms with Crippen LogP contribution >= 0.6 is 0 Å². The highest BCUT2D eigenvalue weighted by molar-refractivity contribution is 4.60. The van der Waals surface area contributed by atoms with Crippen molar-refractivity contribution < 1.29 is 5.11 Å². The van der Waals surface area contributed by atoms with Crippen LogP contribution in [0.15, 0.2) is 0 Å². The molecule has 1 unspecified atom stereocenters. The molecule has 0 amide bonds. The van der Waals surface area contributed by atoms with E-state index in [1.54, 1.807) is 0 Å². The number of nitrogens with one attached hydrogen (secondary N) is 1. The average molecular weight is 286 g/mol. The van der Waals surface area contributed by atoms with E-state index >= 15 is 0 Å². The van der Waals surface area contributed by atoms with Gasteiger partial charge in [-0.25, -0.2) is 0 Å². The van der Waals surface area contributed by atoms with Crippen molar-refractivity contribution >= 4 is 0 Å². The van der Waals surface area contributed by atoms with Gasteiger partial charge in [-0.3, -0.25) is 0 Å². The summed E-state index contributed by atoms with van der Waals surface area (Å²) in [6, 6.07) is 0. The van der Waals surface area contributed by atoms with Gasteiger partial charge in [-0.2, -0.15) is 0 Å². The second-order valence-corrected chi connectivity index (χ2v) is 6.18. The molecule has 0 aliphatic carbocycles. The van der Waals surface area contributed by atoms with Crippen LogP contribution in [0.2, 0.25) is 0 Å². The lowest BCUT2D eigenvalue weighted by molar-refractivity contribution is 0.158. The van der Waals surface area contributed by atoms with Gasteiger partial charge >= 0.3 is 0 Å². The number of hydrogen-bond acceptors (Lipinski definition) is 2. The number of hydrogen-bond donors (Lipinski definition) is 2. The summed E-state index contributed by atoms with van der Waals surface area (Å²) in [5.41, 5.74) is 0. The van der Waals surface area contributed by atoms with Crippen molar-refractivity contribution in [1.29, 1.82) is 0 Å². The minimum Gasteiger partial charge on any atom is -0.392 e. The lowest BCUT2D eigenvalue weighted by Gasteiger charge is -2.11. The third-order valence-electron chi connectivity index (χ3n) is 3.98. The number of aliphatic hydroxyl groups excluding tert-OH is 1. The smallest absolute Gasteiger partial charge is 0.0664 e. The maximum absolute atomic E-state index is 9.81. The van der Waals surface area contributed by atoms with Crippen molar-refractivity contribution in [2.24, 2.45) is 0 Å². The van der Waals surface area contributed by atoms with Crippen LogP contribution in [-0.4, -0.2) is 24.3 Å². The number of rotatable bonds is 16. The highest BCUT2D eigenvalue weighted by Crippen LogP contribution is 2.11. The van der Waals surface area contributed by atoms with Crippen molar-refractivity contribution in [3.05, 3.63) is 0 Å². The summed E-state index contributed by atoms with van der Waals surface area (Å²) >= 11 is 0. The molecule has 0 aromatic carbocycles. The number of unbranched alkanes of at least 4 members (excludes halogenated alkanes) is 10. The van der Waals surface area contributed by atoms with Crippen LogP contribution in [0.4, 0.5) is 0 Å². The Morgan fingerprint density at radius 1 is 0.700 bits per heavy atom. The predicted molar refractivity (Wildman–Crippen MR) is 90.2 cm³/mol. The molecular formula is C18H39NO. The van der Waals surface area contributed by atoms with Crippen LogP contribution in [0, 0.1) is 0 Å². The third-order valence-corrected chi connectivity index (χ3v) is 3.98. The van der Waals surface area contributed by atoms with Gasteiger partial charge < -0.3 is 10.4 Å². The first kappa shape index (κ1) is 19.9. The normalized spacial score (nSPS) is 12.8. The molecule has 2 N–H and O–H groups in total. The van der Waals surface area contributed by atoms with Crippen LogP contribution in [0.5, 0.6) is 0 Å². The molecular weight excluding hydrogens is 246 g/mol. The Hall–Kier alpha value is -0.0800. The fourth-order valence-electron chi connectivity index (χ4n) is 2.54. The zero-order valence-corrected chi connectivity index (χ0v) is 14.1. The first-order chi connectivity index (χ1) is 9.81. The molecule has 20 heavy (non-hydrogen) atoms. The Morgan fingerprint density at radius 3 is 1.75 bits per heavy atom. The molecule has 0 radical (unpaired) electrons. The van der Waals surface area contributed by atoms with E-state index in [1.807, 2.05) is 0 Å². The van der Waals surface area contributed by atoms with Crippen molar-refractivity contribution in [2.45, 2.75) is 103 Å². The van der Waals surface area contributed by atoms with Gasteiger partial charge in [0.05, 0.1) is 6.10 Å². The molecule has 0 heterocycles. The Bertz CT molecular complexity index is 173. The molecule has 2 nitrogen and oxygen atoms in total. The molecule has 0 aromatic rings. The van der Waals surface area contributed by atoms with Gasteiger partial charge in [0.15, 0.2) is 0 Å². The first-order valence-corrected chi connectivity index (χ1v) is 9.20. The molecule has 0 fully saturated rings. The van der Waals surface area contributed by atoms with Crippen LogP contribution in [-0.2, 0) is 0 Å². The van der Waals surface area contributed by atoms with Crippen LogP contribution in [0.3, 0.4) is 0 Å². The van der Waals surface area contributed by atoms with E-state index in [0.717, 1.165) is 19.5 Å². The van der Waals surface area contributed by atoms with Gasteiger partial charge in [0.2, 0.25) is 0 Å². The molecule has 2 heteroatoms. The van der Waals surface area contributed by atoms with E-state index in [-0.39, 0.29) is 6.10 Å². The lowest BCUT2D eigenvalue weighted by Crippen LogP contribution is -2.27. The Labute approximate surface area is 127 Å². The van der Waals surface area contributed by atoms with Crippen LogP contribution in [0.25, 0.3) is 0 Å². The van der Waals surface area contributed by atoms with Gasteiger partial charge in [-0.15, -0.1) is 0 Å². The molecule has 122 valence electrons. The molecule has 1 atom stereocenters. The van der Waals surface area contributed by atoms with E-state index in [1.165, 1.54) is 77.0 Å². The Morgan fingerprint density at radius 2 is 1.20 bits per heavy atom. The van der Waals surface area contributed by atoms with Gasteiger partial charge in [-0.05, 0) is 19.4 Å². The molecule has 0 spiro atoms.